The summed E-state index contributed by atoms with van der Waals surface area (Å²) in [4.78, 5) is 33.6. The summed E-state index contributed by atoms with van der Waals surface area (Å²) >= 11 is 1.31. The predicted molar refractivity (Wildman–Crippen MR) is 104 cm³/mol. The molecule has 1 atom stereocenters. The van der Waals surface area contributed by atoms with E-state index >= 15 is 0 Å². The maximum atomic E-state index is 12.9. The first kappa shape index (κ1) is 17.6. The molecule has 1 N–H and O–H groups in total. The van der Waals surface area contributed by atoms with Crippen LogP contribution in [0.1, 0.15) is 35.0 Å². The highest BCUT2D eigenvalue weighted by atomic mass is 32.1. The molecule has 0 radical (unpaired) electrons. The van der Waals surface area contributed by atoms with Gasteiger partial charge in [-0.2, -0.15) is 0 Å². The molecule has 1 unspecified atom stereocenters. The number of thiazole rings is 1. The molecule has 1 aromatic carbocycles. The second-order valence-electron chi connectivity index (χ2n) is 6.74. The zero-order chi connectivity index (χ0) is 18.8. The number of anilines is 1. The molecular formula is C20H19N3O3S. The Morgan fingerprint density at radius 1 is 1.33 bits per heavy atom. The van der Waals surface area contributed by atoms with Crippen molar-refractivity contribution in [2.75, 3.05) is 11.9 Å². The fourth-order valence-electron chi connectivity index (χ4n) is 3.44. The Bertz CT molecular complexity index is 1000. The van der Waals surface area contributed by atoms with Gasteiger partial charge in [0.2, 0.25) is 0 Å². The molecule has 27 heavy (non-hydrogen) atoms. The van der Waals surface area contributed by atoms with E-state index in [2.05, 4.69) is 17.2 Å². The summed E-state index contributed by atoms with van der Waals surface area (Å²) in [5.74, 6) is -0.396. The molecule has 7 heteroatoms. The van der Waals surface area contributed by atoms with Gasteiger partial charge in [0.05, 0.1) is 11.1 Å². The number of carbonyl (C=O) groups excluding carboxylic acids is 2. The largest absolute Gasteiger partial charge is 0.452 e. The number of hydrogen-bond donors (Lipinski definition) is 1. The van der Waals surface area contributed by atoms with Crippen LogP contribution in [0.3, 0.4) is 0 Å². The van der Waals surface area contributed by atoms with Crippen molar-refractivity contribution >= 4 is 39.2 Å². The van der Waals surface area contributed by atoms with E-state index in [4.69, 9.17) is 9.72 Å². The van der Waals surface area contributed by atoms with Crippen molar-refractivity contribution in [3.8, 4) is 0 Å². The Labute approximate surface area is 160 Å². The van der Waals surface area contributed by atoms with Crippen molar-refractivity contribution in [2.45, 2.75) is 26.2 Å². The highest BCUT2D eigenvalue weighted by Gasteiger charge is 2.26. The van der Waals surface area contributed by atoms with Crippen LogP contribution in [-0.2, 0) is 22.4 Å². The van der Waals surface area contributed by atoms with Gasteiger partial charge >= 0.3 is 5.97 Å². The third-order valence-corrected chi connectivity index (χ3v) is 5.41. The first-order chi connectivity index (χ1) is 13.1. The summed E-state index contributed by atoms with van der Waals surface area (Å²) in [5.41, 5.74) is 3.25. The molecule has 1 amide bonds. The monoisotopic (exact) mass is 381 g/mol. The van der Waals surface area contributed by atoms with Crippen LogP contribution >= 0.6 is 11.3 Å². The molecular weight excluding hydrogens is 362 g/mol. The zero-order valence-corrected chi connectivity index (χ0v) is 15.7. The van der Waals surface area contributed by atoms with Gasteiger partial charge in [-0.3, -0.25) is 15.1 Å². The number of nitrogens with one attached hydrogen (secondary N) is 1. The lowest BCUT2D eigenvalue weighted by Crippen LogP contribution is -2.23. The number of fused-ring (bicyclic) bond motifs is 2. The molecule has 138 valence electrons. The first-order valence-corrected chi connectivity index (χ1v) is 9.76. The number of rotatable bonds is 4. The van der Waals surface area contributed by atoms with E-state index in [1.54, 1.807) is 11.6 Å². The Morgan fingerprint density at radius 2 is 2.19 bits per heavy atom. The maximum absolute atomic E-state index is 12.9. The second-order valence-corrected chi connectivity index (χ2v) is 7.63. The SMILES string of the molecule is CC1CCc2nc3ccccc3c(C(=O)OCC(=O)Nc3nccs3)c2C1. The summed E-state index contributed by atoms with van der Waals surface area (Å²) in [7, 11) is 0. The third kappa shape index (κ3) is 3.68. The molecule has 0 bridgehead atoms. The summed E-state index contributed by atoms with van der Waals surface area (Å²) in [6.07, 6.45) is 4.31. The van der Waals surface area contributed by atoms with Crippen molar-refractivity contribution in [1.29, 1.82) is 0 Å². The number of esters is 1. The number of ether oxygens (including phenoxy) is 1. The van der Waals surface area contributed by atoms with Crippen molar-refractivity contribution in [3.63, 3.8) is 0 Å². The Kier molecular flexibility index (Phi) is 4.85. The van der Waals surface area contributed by atoms with Crippen LogP contribution in [0.15, 0.2) is 35.8 Å². The quantitative estimate of drug-likeness (QED) is 0.698. The number of aryl methyl sites for hydroxylation is 1. The maximum Gasteiger partial charge on any atom is 0.339 e. The highest BCUT2D eigenvalue weighted by Crippen LogP contribution is 2.32. The Balaban J connectivity index is 1.60. The van der Waals surface area contributed by atoms with E-state index in [0.29, 0.717) is 16.6 Å². The van der Waals surface area contributed by atoms with Gasteiger partial charge in [0, 0.05) is 22.7 Å². The molecule has 0 saturated heterocycles. The first-order valence-electron chi connectivity index (χ1n) is 8.89. The lowest BCUT2D eigenvalue weighted by atomic mass is 9.84. The minimum absolute atomic E-state index is 0.348. The molecule has 0 spiro atoms. The number of nitrogens with zero attached hydrogens (tertiary/aromatic N) is 2. The van der Waals surface area contributed by atoms with Gasteiger partial charge in [0.25, 0.3) is 5.91 Å². The highest BCUT2D eigenvalue weighted by molar-refractivity contribution is 7.13. The lowest BCUT2D eigenvalue weighted by molar-refractivity contribution is -0.119. The minimum atomic E-state index is -0.478. The van der Waals surface area contributed by atoms with Crippen LogP contribution in [0.2, 0.25) is 0 Å². The topological polar surface area (TPSA) is 81.2 Å². The number of amides is 1. The smallest absolute Gasteiger partial charge is 0.339 e. The number of pyridine rings is 1. The van der Waals surface area contributed by atoms with Crippen molar-refractivity contribution in [1.82, 2.24) is 9.97 Å². The van der Waals surface area contributed by atoms with Gasteiger partial charge in [-0.1, -0.05) is 25.1 Å². The predicted octanol–water partition coefficient (Wildman–Crippen LogP) is 3.61. The molecule has 2 aromatic heterocycles. The number of carbonyl (C=O) groups is 2. The van der Waals surface area contributed by atoms with E-state index in [9.17, 15) is 9.59 Å². The number of hydrogen-bond acceptors (Lipinski definition) is 6. The number of aromatic nitrogens is 2. The molecule has 6 nitrogen and oxygen atoms in total. The van der Waals surface area contributed by atoms with Gasteiger partial charge in [-0.25, -0.2) is 9.78 Å². The Hall–Kier alpha value is -2.80. The van der Waals surface area contributed by atoms with Crippen LogP contribution in [0.4, 0.5) is 5.13 Å². The summed E-state index contributed by atoms with van der Waals surface area (Å²) in [5, 5.41) is 5.63. The number of para-hydroxylation sites is 1. The van der Waals surface area contributed by atoms with Crippen molar-refractivity contribution in [2.24, 2.45) is 5.92 Å². The van der Waals surface area contributed by atoms with Crippen LogP contribution in [0, 0.1) is 5.92 Å². The van der Waals surface area contributed by atoms with E-state index in [1.807, 2.05) is 24.3 Å². The van der Waals surface area contributed by atoms with Crippen molar-refractivity contribution in [3.05, 3.63) is 52.7 Å². The fraction of sp³-hybridized carbons (Fsp3) is 0.300. The van der Waals surface area contributed by atoms with E-state index in [1.165, 1.54) is 11.3 Å². The summed E-state index contributed by atoms with van der Waals surface area (Å²) in [6.45, 7) is 1.83. The van der Waals surface area contributed by atoms with E-state index in [0.717, 1.165) is 41.4 Å². The van der Waals surface area contributed by atoms with Gasteiger partial charge in [0.15, 0.2) is 11.7 Å². The van der Waals surface area contributed by atoms with Crippen LogP contribution in [0.25, 0.3) is 10.9 Å². The zero-order valence-electron chi connectivity index (χ0n) is 14.9. The van der Waals surface area contributed by atoms with Crippen LogP contribution < -0.4 is 5.32 Å². The van der Waals surface area contributed by atoms with Crippen LogP contribution in [-0.4, -0.2) is 28.5 Å². The average molecular weight is 381 g/mol. The molecule has 1 aliphatic rings. The minimum Gasteiger partial charge on any atom is -0.452 e. The molecule has 1 aliphatic carbocycles. The molecule has 0 aliphatic heterocycles. The second kappa shape index (κ2) is 7.44. The van der Waals surface area contributed by atoms with Gasteiger partial charge < -0.3 is 4.74 Å². The van der Waals surface area contributed by atoms with E-state index in [-0.39, 0.29) is 6.61 Å². The number of benzene rings is 1. The normalized spacial score (nSPS) is 16.0. The molecule has 0 saturated carbocycles. The average Bonchev–Trinajstić information content (AvgIpc) is 3.17. The molecule has 3 aromatic rings. The molecule has 4 rings (SSSR count). The van der Waals surface area contributed by atoms with Crippen molar-refractivity contribution < 1.29 is 14.3 Å². The fourth-order valence-corrected chi connectivity index (χ4v) is 3.98. The molecule has 0 fully saturated rings. The van der Waals surface area contributed by atoms with Gasteiger partial charge in [-0.05, 0) is 36.8 Å². The van der Waals surface area contributed by atoms with Crippen LogP contribution in [0.5, 0.6) is 0 Å². The summed E-state index contributed by atoms with van der Waals surface area (Å²) < 4.78 is 5.35. The lowest BCUT2D eigenvalue weighted by Gasteiger charge is -2.24. The van der Waals surface area contributed by atoms with E-state index < -0.39 is 11.9 Å². The summed E-state index contributed by atoms with van der Waals surface area (Å²) in [6, 6.07) is 7.58. The standard InChI is InChI=1S/C20H19N3O3S/c1-12-6-7-16-14(10-12)18(13-4-2-3-5-15(13)22-16)19(25)26-11-17(24)23-20-21-8-9-27-20/h2-5,8-9,12H,6-7,10-11H2,1H3,(H,21,23,24). The van der Waals surface area contributed by atoms with Gasteiger partial charge in [0.1, 0.15) is 0 Å². The van der Waals surface area contributed by atoms with Gasteiger partial charge in [-0.15, -0.1) is 11.3 Å². The molecule has 2 heterocycles. The Morgan fingerprint density at radius 3 is 3.00 bits per heavy atom. The third-order valence-electron chi connectivity index (χ3n) is 4.72.